The van der Waals surface area contributed by atoms with Gasteiger partial charge in [0, 0.05) is 6.54 Å². The molecular formula is C18H21FN2O3. The summed E-state index contributed by atoms with van der Waals surface area (Å²) in [6, 6.07) is 11.4. The van der Waals surface area contributed by atoms with E-state index >= 15 is 0 Å². The van der Waals surface area contributed by atoms with Crippen LogP contribution in [0.3, 0.4) is 0 Å². The first-order valence-corrected chi connectivity index (χ1v) is 7.54. The van der Waals surface area contributed by atoms with Gasteiger partial charge in [0.05, 0.1) is 20.3 Å². The van der Waals surface area contributed by atoms with Gasteiger partial charge in [-0.05, 0) is 42.3 Å². The number of hydrogen-bond acceptors (Lipinski definition) is 3. The third-order valence-corrected chi connectivity index (χ3v) is 3.64. The number of carbonyl (C=O) groups is 1. The largest absolute Gasteiger partial charge is 0.497 e. The van der Waals surface area contributed by atoms with Crippen LogP contribution in [0.15, 0.2) is 42.5 Å². The molecule has 0 fully saturated rings. The van der Waals surface area contributed by atoms with E-state index in [4.69, 9.17) is 9.47 Å². The van der Waals surface area contributed by atoms with E-state index in [0.717, 1.165) is 11.3 Å². The highest BCUT2D eigenvalue weighted by Gasteiger charge is 2.12. The molecule has 2 amide bonds. The van der Waals surface area contributed by atoms with Gasteiger partial charge in [0.2, 0.25) is 0 Å². The zero-order valence-corrected chi connectivity index (χ0v) is 13.9. The number of nitrogens with one attached hydrogen (secondary N) is 2. The molecule has 1 unspecified atom stereocenters. The Balaban J connectivity index is 1.87. The van der Waals surface area contributed by atoms with Crippen molar-refractivity contribution in [1.29, 1.82) is 0 Å². The van der Waals surface area contributed by atoms with Gasteiger partial charge in [0.25, 0.3) is 0 Å². The van der Waals surface area contributed by atoms with E-state index in [9.17, 15) is 9.18 Å². The Morgan fingerprint density at radius 2 is 1.83 bits per heavy atom. The van der Waals surface area contributed by atoms with E-state index < -0.39 is 5.82 Å². The van der Waals surface area contributed by atoms with Crippen LogP contribution in [0.4, 0.5) is 9.18 Å². The lowest BCUT2D eigenvalue weighted by molar-refractivity contribution is 0.237. The van der Waals surface area contributed by atoms with Crippen LogP contribution in [0.1, 0.15) is 24.1 Å². The predicted octanol–water partition coefficient (Wildman–Crippen LogP) is 3.40. The van der Waals surface area contributed by atoms with Gasteiger partial charge in [-0.3, -0.25) is 0 Å². The molecule has 128 valence electrons. The average molecular weight is 332 g/mol. The Bertz CT molecular complexity index is 689. The monoisotopic (exact) mass is 332 g/mol. The van der Waals surface area contributed by atoms with E-state index in [1.165, 1.54) is 19.2 Å². The van der Waals surface area contributed by atoms with Crippen molar-refractivity contribution in [1.82, 2.24) is 10.6 Å². The summed E-state index contributed by atoms with van der Waals surface area (Å²) in [7, 11) is 3.01. The number of ether oxygens (including phenoxy) is 2. The third kappa shape index (κ3) is 4.62. The molecule has 6 heteroatoms. The van der Waals surface area contributed by atoms with Crippen LogP contribution in [0.25, 0.3) is 0 Å². The van der Waals surface area contributed by atoms with Gasteiger partial charge in [0.1, 0.15) is 5.75 Å². The summed E-state index contributed by atoms with van der Waals surface area (Å²) in [6.45, 7) is 2.17. The highest BCUT2D eigenvalue weighted by molar-refractivity contribution is 5.74. The molecule has 0 aromatic heterocycles. The minimum Gasteiger partial charge on any atom is -0.497 e. The van der Waals surface area contributed by atoms with Gasteiger partial charge in [-0.2, -0.15) is 0 Å². The Morgan fingerprint density at radius 1 is 1.12 bits per heavy atom. The van der Waals surface area contributed by atoms with Crippen molar-refractivity contribution in [2.75, 3.05) is 14.2 Å². The zero-order valence-electron chi connectivity index (χ0n) is 13.9. The Hall–Kier alpha value is -2.76. The first-order chi connectivity index (χ1) is 11.5. The molecule has 24 heavy (non-hydrogen) atoms. The fourth-order valence-corrected chi connectivity index (χ4v) is 2.21. The average Bonchev–Trinajstić information content (AvgIpc) is 2.60. The number of carbonyl (C=O) groups excluding carboxylic acids is 1. The van der Waals surface area contributed by atoms with E-state index in [1.54, 1.807) is 20.1 Å². The van der Waals surface area contributed by atoms with Gasteiger partial charge >= 0.3 is 6.03 Å². The molecule has 0 radical (unpaired) electrons. The second-order valence-corrected chi connectivity index (χ2v) is 5.29. The van der Waals surface area contributed by atoms with Crippen molar-refractivity contribution >= 4 is 6.03 Å². The van der Waals surface area contributed by atoms with E-state index in [1.807, 2.05) is 24.3 Å². The van der Waals surface area contributed by atoms with E-state index in [-0.39, 0.29) is 17.8 Å². The number of methoxy groups -OCH3 is 2. The maximum absolute atomic E-state index is 13.7. The highest BCUT2D eigenvalue weighted by Crippen LogP contribution is 2.21. The number of benzene rings is 2. The summed E-state index contributed by atoms with van der Waals surface area (Å²) < 4.78 is 23.7. The van der Waals surface area contributed by atoms with Gasteiger partial charge < -0.3 is 20.1 Å². The predicted molar refractivity (Wildman–Crippen MR) is 89.7 cm³/mol. The molecule has 0 spiro atoms. The molecule has 2 N–H and O–H groups in total. The topological polar surface area (TPSA) is 59.6 Å². The molecule has 0 saturated carbocycles. The first kappa shape index (κ1) is 17.6. The van der Waals surface area contributed by atoms with E-state index in [2.05, 4.69) is 10.6 Å². The summed E-state index contributed by atoms with van der Waals surface area (Å²) in [6.07, 6.45) is 0. The number of amides is 2. The van der Waals surface area contributed by atoms with Gasteiger partial charge in [0.15, 0.2) is 11.6 Å². The number of halogens is 1. The van der Waals surface area contributed by atoms with Crippen molar-refractivity contribution in [3.63, 3.8) is 0 Å². The molecule has 2 aromatic rings. The quantitative estimate of drug-likeness (QED) is 0.852. The minimum absolute atomic E-state index is 0.176. The van der Waals surface area contributed by atoms with Crippen molar-refractivity contribution < 1.29 is 18.7 Å². The summed E-state index contributed by atoms with van der Waals surface area (Å²) in [4.78, 5) is 12.0. The molecular weight excluding hydrogens is 311 g/mol. The maximum atomic E-state index is 13.7. The van der Waals surface area contributed by atoms with Crippen molar-refractivity contribution in [2.45, 2.75) is 19.5 Å². The molecule has 1 atom stereocenters. The number of urea groups is 1. The summed E-state index contributed by atoms with van der Waals surface area (Å²) >= 11 is 0. The van der Waals surface area contributed by atoms with Gasteiger partial charge in [-0.15, -0.1) is 0 Å². The second kappa shape index (κ2) is 8.19. The fourth-order valence-electron chi connectivity index (χ4n) is 2.21. The lowest BCUT2D eigenvalue weighted by Gasteiger charge is -2.16. The molecule has 5 nitrogen and oxygen atoms in total. The maximum Gasteiger partial charge on any atom is 0.315 e. The standard InChI is InChI=1S/C18H21FN2O3/c1-12(14-6-9-17(24-3)16(19)10-14)21-18(22)20-11-13-4-7-15(23-2)8-5-13/h4-10,12H,11H2,1-3H3,(H2,20,21,22). The normalized spacial score (nSPS) is 11.5. The SMILES string of the molecule is COc1ccc(CNC(=O)NC(C)c2ccc(OC)c(F)c2)cc1. The van der Waals surface area contributed by atoms with Crippen molar-refractivity contribution in [3.05, 3.63) is 59.4 Å². The molecule has 0 bridgehead atoms. The van der Waals surface area contributed by atoms with Gasteiger partial charge in [-0.1, -0.05) is 18.2 Å². The van der Waals surface area contributed by atoms with Crippen LogP contribution in [0.2, 0.25) is 0 Å². The van der Waals surface area contributed by atoms with Crippen LogP contribution in [0.5, 0.6) is 11.5 Å². The van der Waals surface area contributed by atoms with E-state index in [0.29, 0.717) is 12.1 Å². The molecule has 0 saturated heterocycles. The van der Waals surface area contributed by atoms with Crippen molar-refractivity contribution in [3.8, 4) is 11.5 Å². The third-order valence-electron chi connectivity index (χ3n) is 3.64. The summed E-state index contributed by atoms with van der Waals surface area (Å²) in [5, 5.41) is 5.54. The lowest BCUT2D eigenvalue weighted by Crippen LogP contribution is -2.36. The van der Waals surface area contributed by atoms with Crippen LogP contribution < -0.4 is 20.1 Å². The molecule has 0 aliphatic carbocycles. The Labute approximate surface area is 140 Å². The number of rotatable bonds is 6. The van der Waals surface area contributed by atoms with Crippen LogP contribution in [-0.4, -0.2) is 20.3 Å². The first-order valence-electron chi connectivity index (χ1n) is 7.54. The lowest BCUT2D eigenvalue weighted by atomic mass is 10.1. The highest BCUT2D eigenvalue weighted by atomic mass is 19.1. The molecule has 0 aliphatic heterocycles. The summed E-state index contributed by atoms with van der Waals surface area (Å²) in [5.74, 6) is 0.482. The zero-order chi connectivity index (χ0) is 17.5. The van der Waals surface area contributed by atoms with Crippen LogP contribution in [-0.2, 0) is 6.54 Å². The van der Waals surface area contributed by atoms with Crippen LogP contribution >= 0.6 is 0 Å². The Kier molecular flexibility index (Phi) is 6.01. The van der Waals surface area contributed by atoms with Crippen LogP contribution in [0, 0.1) is 5.82 Å². The molecule has 2 rings (SSSR count). The summed E-state index contributed by atoms with van der Waals surface area (Å²) in [5.41, 5.74) is 1.61. The Morgan fingerprint density at radius 3 is 2.42 bits per heavy atom. The molecule has 0 aliphatic rings. The van der Waals surface area contributed by atoms with Crippen molar-refractivity contribution in [2.24, 2.45) is 0 Å². The fraction of sp³-hybridized carbons (Fsp3) is 0.278. The smallest absolute Gasteiger partial charge is 0.315 e. The molecule has 2 aromatic carbocycles. The molecule has 0 heterocycles. The minimum atomic E-state index is -0.456. The number of hydrogen-bond donors (Lipinski definition) is 2. The second-order valence-electron chi connectivity index (χ2n) is 5.29. The van der Waals surface area contributed by atoms with Gasteiger partial charge in [-0.25, -0.2) is 9.18 Å².